The molecule has 0 amide bonds. The molecule has 0 saturated carbocycles. The van der Waals surface area contributed by atoms with E-state index in [1.807, 2.05) is 25.1 Å². The van der Waals surface area contributed by atoms with Crippen LogP contribution in [-0.4, -0.2) is 30.1 Å². The van der Waals surface area contributed by atoms with Gasteiger partial charge in [0.15, 0.2) is 0 Å². The molecule has 0 saturated heterocycles. The zero-order chi connectivity index (χ0) is 15.6. The summed E-state index contributed by atoms with van der Waals surface area (Å²) >= 11 is 6.49. The third-order valence-corrected chi connectivity index (χ3v) is 4.21. The lowest BCUT2D eigenvalue weighted by molar-refractivity contribution is 0.346. The number of hydrogen-bond donors (Lipinski definition) is 0. The average Bonchev–Trinajstić information content (AvgIpc) is 2.40. The van der Waals surface area contributed by atoms with Crippen molar-refractivity contribution in [3.63, 3.8) is 0 Å². The highest BCUT2D eigenvalue weighted by Crippen LogP contribution is 2.24. The summed E-state index contributed by atoms with van der Waals surface area (Å²) in [6.07, 6.45) is 1.75. The van der Waals surface area contributed by atoms with Crippen LogP contribution in [0.25, 0.3) is 0 Å². The SMILES string of the molecule is CN(C)CC(c1ccc(F)c(Br)c1)n1ccc(Br)cc1=O. The van der Waals surface area contributed by atoms with Gasteiger partial charge in [0, 0.05) is 23.3 Å². The van der Waals surface area contributed by atoms with Gasteiger partial charge in [-0.15, -0.1) is 0 Å². The maximum absolute atomic E-state index is 13.4. The van der Waals surface area contributed by atoms with Crippen molar-refractivity contribution in [3.05, 3.63) is 67.2 Å². The van der Waals surface area contributed by atoms with E-state index in [0.29, 0.717) is 11.0 Å². The molecule has 2 rings (SSSR count). The first-order chi connectivity index (χ1) is 9.88. The van der Waals surface area contributed by atoms with Gasteiger partial charge in [-0.1, -0.05) is 22.0 Å². The zero-order valence-electron chi connectivity index (χ0n) is 11.7. The summed E-state index contributed by atoms with van der Waals surface area (Å²) in [6.45, 7) is 0.639. The quantitative estimate of drug-likeness (QED) is 0.758. The molecular weight excluding hydrogens is 403 g/mol. The summed E-state index contributed by atoms with van der Waals surface area (Å²) in [6, 6.07) is 8.01. The molecule has 2 aromatic rings. The fraction of sp³-hybridized carbons (Fsp3) is 0.267. The average molecular weight is 418 g/mol. The number of benzene rings is 1. The van der Waals surface area contributed by atoms with Crippen LogP contribution in [0, 0.1) is 5.82 Å². The lowest BCUT2D eigenvalue weighted by Gasteiger charge is -2.24. The van der Waals surface area contributed by atoms with Gasteiger partial charge in [0.1, 0.15) is 5.82 Å². The number of pyridine rings is 1. The first kappa shape index (κ1) is 16.4. The van der Waals surface area contributed by atoms with E-state index >= 15 is 0 Å². The van der Waals surface area contributed by atoms with Crippen molar-refractivity contribution in [2.45, 2.75) is 6.04 Å². The zero-order valence-corrected chi connectivity index (χ0v) is 14.9. The molecular formula is C15H15Br2FN2O. The molecule has 0 bridgehead atoms. The van der Waals surface area contributed by atoms with Crippen LogP contribution in [0.2, 0.25) is 0 Å². The second kappa shape index (κ2) is 6.85. The molecule has 0 N–H and O–H groups in total. The van der Waals surface area contributed by atoms with Crippen molar-refractivity contribution in [1.82, 2.24) is 9.47 Å². The summed E-state index contributed by atoms with van der Waals surface area (Å²) < 4.78 is 16.2. The maximum Gasteiger partial charge on any atom is 0.252 e. The maximum atomic E-state index is 13.4. The molecule has 0 aliphatic rings. The molecule has 0 spiro atoms. The highest BCUT2D eigenvalue weighted by Gasteiger charge is 2.17. The lowest BCUT2D eigenvalue weighted by Crippen LogP contribution is -2.32. The van der Waals surface area contributed by atoms with Crippen LogP contribution in [0.3, 0.4) is 0 Å². The molecule has 6 heteroatoms. The lowest BCUT2D eigenvalue weighted by atomic mass is 10.1. The second-order valence-corrected chi connectivity index (χ2v) is 6.81. The summed E-state index contributed by atoms with van der Waals surface area (Å²) in [5.41, 5.74) is 0.776. The minimum Gasteiger partial charge on any atom is -0.307 e. The number of aromatic nitrogens is 1. The standard InChI is InChI=1S/C15H15Br2FN2O/c1-19(2)9-14(10-3-4-13(18)12(17)7-10)20-6-5-11(16)8-15(20)21/h3-8,14H,9H2,1-2H3. The van der Waals surface area contributed by atoms with Crippen molar-refractivity contribution in [1.29, 1.82) is 0 Å². The minimum absolute atomic E-state index is 0.100. The fourth-order valence-corrected chi connectivity index (χ4v) is 2.85. The van der Waals surface area contributed by atoms with Gasteiger partial charge in [-0.3, -0.25) is 4.79 Å². The minimum atomic E-state index is -0.314. The monoisotopic (exact) mass is 416 g/mol. The Morgan fingerprint density at radius 2 is 1.95 bits per heavy atom. The van der Waals surface area contributed by atoms with Gasteiger partial charge >= 0.3 is 0 Å². The van der Waals surface area contributed by atoms with Crippen molar-refractivity contribution >= 4 is 31.9 Å². The number of hydrogen-bond acceptors (Lipinski definition) is 2. The van der Waals surface area contributed by atoms with E-state index in [9.17, 15) is 9.18 Å². The third-order valence-electron chi connectivity index (χ3n) is 3.11. The van der Waals surface area contributed by atoms with Crippen molar-refractivity contribution in [2.75, 3.05) is 20.6 Å². The van der Waals surface area contributed by atoms with Crippen LogP contribution < -0.4 is 5.56 Å². The Bertz CT molecular complexity index is 700. The number of likely N-dealkylation sites (N-methyl/N-ethyl adjacent to an activating group) is 1. The predicted octanol–water partition coefficient (Wildman–Crippen LogP) is 3.66. The molecule has 0 aliphatic carbocycles. The van der Waals surface area contributed by atoms with Gasteiger partial charge in [-0.25, -0.2) is 4.39 Å². The first-order valence-corrected chi connectivity index (χ1v) is 7.94. The van der Waals surface area contributed by atoms with Crippen LogP contribution in [0.15, 0.2) is 50.3 Å². The topological polar surface area (TPSA) is 25.2 Å². The summed E-state index contributed by atoms with van der Waals surface area (Å²) in [5.74, 6) is -0.314. The van der Waals surface area contributed by atoms with Crippen LogP contribution >= 0.6 is 31.9 Å². The Labute approximate surface area is 139 Å². The molecule has 1 unspecified atom stereocenters. The molecule has 21 heavy (non-hydrogen) atoms. The van der Waals surface area contributed by atoms with E-state index in [1.165, 1.54) is 12.1 Å². The largest absolute Gasteiger partial charge is 0.307 e. The molecule has 112 valence electrons. The van der Waals surface area contributed by atoms with Crippen LogP contribution in [0.1, 0.15) is 11.6 Å². The molecule has 3 nitrogen and oxygen atoms in total. The third kappa shape index (κ3) is 4.02. The van der Waals surface area contributed by atoms with Crippen LogP contribution in [0.4, 0.5) is 4.39 Å². The van der Waals surface area contributed by atoms with E-state index in [1.54, 1.807) is 22.9 Å². The number of rotatable bonds is 4. The molecule has 1 aromatic carbocycles. The number of nitrogens with zero attached hydrogens (tertiary/aromatic N) is 2. The first-order valence-electron chi connectivity index (χ1n) is 6.36. The van der Waals surface area contributed by atoms with Crippen LogP contribution in [0.5, 0.6) is 0 Å². The number of halogens is 3. The molecule has 0 fully saturated rings. The second-order valence-electron chi connectivity index (χ2n) is 5.04. The highest BCUT2D eigenvalue weighted by molar-refractivity contribution is 9.10. The van der Waals surface area contributed by atoms with E-state index in [4.69, 9.17) is 0 Å². The molecule has 1 aromatic heterocycles. The summed E-state index contributed by atoms with van der Waals surface area (Å²) in [7, 11) is 3.88. The molecule has 0 aliphatic heterocycles. The van der Waals surface area contributed by atoms with E-state index in [-0.39, 0.29) is 17.4 Å². The smallest absolute Gasteiger partial charge is 0.252 e. The fourth-order valence-electron chi connectivity index (χ4n) is 2.14. The Balaban J connectivity index is 2.52. The normalized spacial score (nSPS) is 12.7. The Kier molecular flexibility index (Phi) is 5.35. The van der Waals surface area contributed by atoms with Crippen molar-refractivity contribution in [3.8, 4) is 0 Å². The molecule has 1 atom stereocenters. The van der Waals surface area contributed by atoms with E-state index < -0.39 is 0 Å². The Morgan fingerprint density at radius 1 is 1.24 bits per heavy atom. The van der Waals surface area contributed by atoms with Gasteiger partial charge in [0.2, 0.25) is 0 Å². The van der Waals surface area contributed by atoms with E-state index in [0.717, 1.165) is 10.0 Å². The van der Waals surface area contributed by atoms with Gasteiger partial charge in [0.25, 0.3) is 5.56 Å². The van der Waals surface area contributed by atoms with Gasteiger partial charge < -0.3 is 9.47 Å². The van der Waals surface area contributed by atoms with Gasteiger partial charge in [-0.05, 0) is 53.8 Å². The van der Waals surface area contributed by atoms with E-state index in [2.05, 4.69) is 31.9 Å². The van der Waals surface area contributed by atoms with Crippen molar-refractivity contribution in [2.24, 2.45) is 0 Å². The summed E-state index contributed by atoms with van der Waals surface area (Å²) in [4.78, 5) is 14.2. The van der Waals surface area contributed by atoms with Crippen molar-refractivity contribution < 1.29 is 4.39 Å². The van der Waals surface area contributed by atoms with Crippen LogP contribution in [-0.2, 0) is 0 Å². The van der Waals surface area contributed by atoms with Gasteiger partial charge in [-0.2, -0.15) is 0 Å². The Morgan fingerprint density at radius 3 is 2.52 bits per heavy atom. The van der Waals surface area contributed by atoms with Gasteiger partial charge in [0.05, 0.1) is 10.5 Å². The summed E-state index contributed by atoms with van der Waals surface area (Å²) in [5, 5.41) is 0. The Hall–Kier alpha value is -0.980. The molecule has 1 heterocycles. The highest BCUT2D eigenvalue weighted by atomic mass is 79.9. The predicted molar refractivity (Wildman–Crippen MR) is 89.2 cm³/mol. The molecule has 0 radical (unpaired) electrons.